The molecule has 1 aromatic carbocycles. The summed E-state index contributed by atoms with van der Waals surface area (Å²) >= 11 is 0. The highest BCUT2D eigenvalue weighted by Crippen LogP contribution is 2.31. The largest absolute Gasteiger partial charge is 0.491 e. The number of benzene rings is 1. The molecule has 4 nitrogen and oxygen atoms in total. The number of hydrogen-bond donors (Lipinski definition) is 1. The molecule has 0 heterocycles. The molecule has 0 amide bonds. The van der Waals surface area contributed by atoms with Crippen molar-refractivity contribution < 1.29 is 14.2 Å². The molecule has 4 heteroatoms. The van der Waals surface area contributed by atoms with E-state index in [9.17, 15) is 0 Å². The van der Waals surface area contributed by atoms with E-state index in [-0.39, 0.29) is 0 Å². The van der Waals surface area contributed by atoms with Gasteiger partial charge in [-0.05, 0) is 49.6 Å². The third kappa shape index (κ3) is 4.20. The van der Waals surface area contributed by atoms with Gasteiger partial charge in [0.1, 0.15) is 12.4 Å². The Hall–Kier alpha value is -1.10. The highest BCUT2D eigenvalue weighted by Gasteiger charge is 2.18. The van der Waals surface area contributed by atoms with Crippen molar-refractivity contribution in [3.63, 3.8) is 0 Å². The lowest BCUT2D eigenvalue weighted by Gasteiger charge is -2.25. The molecule has 0 saturated heterocycles. The predicted octanol–water partition coefficient (Wildman–Crippen LogP) is 2.33. The third-order valence-corrected chi connectivity index (χ3v) is 3.71. The SMILES string of the molecule is CNC1CCCc2cc(OCCOCCOC)ccc21. The van der Waals surface area contributed by atoms with Crippen molar-refractivity contribution in [3.8, 4) is 5.75 Å². The number of ether oxygens (including phenoxy) is 3. The van der Waals surface area contributed by atoms with Crippen LogP contribution in [-0.4, -0.2) is 40.6 Å². The fourth-order valence-corrected chi connectivity index (χ4v) is 2.64. The van der Waals surface area contributed by atoms with Gasteiger partial charge in [0.15, 0.2) is 0 Å². The predicted molar refractivity (Wildman–Crippen MR) is 79.4 cm³/mol. The number of fused-ring (bicyclic) bond motifs is 1. The van der Waals surface area contributed by atoms with Gasteiger partial charge < -0.3 is 19.5 Å². The van der Waals surface area contributed by atoms with Crippen LogP contribution < -0.4 is 10.1 Å². The second-order valence-electron chi connectivity index (χ2n) is 5.05. The molecule has 0 spiro atoms. The van der Waals surface area contributed by atoms with Crippen LogP contribution in [0.3, 0.4) is 0 Å². The lowest BCUT2D eigenvalue weighted by molar-refractivity contribution is 0.0544. The molecule has 0 aromatic heterocycles. The Morgan fingerprint density at radius 3 is 2.85 bits per heavy atom. The number of rotatable bonds is 8. The summed E-state index contributed by atoms with van der Waals surface area (Å²) < 4.78 is 16.0. The average Bonchev–Trinajstić information content (AvgIpc) is 2.50. The van der Waals surface area contributed by atoms with Gasteiger partial charge in [-0.15, -0.1) is 0 Å². The van der Waals surface area contributed by atoms with Crippen molar-refractivity contribution in [2.24, 2.45) is 0 Å². The van der Waals surface area contributed by atoms with Gasteiger partial charge in [0.2, 0.25) is 0 Å². The summed E-state index contributed by atoms with van der Waals surface area (Å²) in [6, 6.07) is 6.92. The summed E-state index contributed by atoms with van der Waals surface area (Å²) in [7, 11) is 3.70. The fraction of sp³-hybridized carbons (Fsp3) is 0.625. The van der Waals surface area contributed by atoms with Crippen LogP contribution in [0.1, 0.15) is 30.0 Å². The van der Waals surface area contributed by atoms with Gasteiger partial charge in [-0.1, -0.05) is 6.07 Å². The number of hydrogen-bond acceptors (Lipinski definition) is 4. The molecule has 0 bridgehead atoms. The molecule has 0 aliphatic heterocycles. The minimum atomic E-state index is 0.491. The molecule has 2 rings (SSSR count). The van der Waals surface area contributed by atoms with Crippen LogP contribution in [0.2, 0.25) is 0 Å². The smallest absolute Gasteiger partial charge is 0.119 e. The van der Waals surface area contributed by atoms with Gasteiger partial charge >= 0.3 is 0 Å². The van der Waals surface area contributed by atoms with Gasteiger partial charge in [-0.25, -0.2) is 0 Å². The van der Waals surface area contributed by atoms with Gasteiger partial charge in [0.05, 0.1) is 19.8 Å². The molecular formula is C16H25NO3. The molecule has 112 valence electrons. The van der Waals surface area contributed by atoms with Crippen molar-refractivity contribution >= 4 is 0 Å². The van der Waals surface area contributed by atoms with E-state index >= 15 is 0 Å². The molecule has 0 fully saturated rings. The Kier molecular flexibility index (Phi) is 6.30. The zero-order chi connectivity index (χ0) is 14.2. The minimum absolute atomic E-state index is 0.491. The lowest BCUT2D eigenvalue weighted by atomic mass is 9.87. The first-order chi connectivity index (χ1) is 9.85. The first-order valence-corrected chi connectivity index (χ1v) is 7.34. The van der Waals surface area contributed by atoms with Crippen LogP contribution in [0.4, 0.5) is 0 Å². The maximum absolute atomic E-state index is 5.73. The van der Waals surface area contributed by atoms with E-state index in [1.165, 1.54) is 24.0 Å². The Morgan fingerprint density at radius 1 is 1.20 bits per heavy atom. The monoisotopic (exact) mass is 279 g/mol. The molecule has 1 aliphatic carbocycles. The zero-order valence-corrected chi connectivity index (χ0v) is 12.5. The fourth-order valence-electron chi connectivity index (χ4n) is 2.64. The van der Waals surface area contributed by atoms with Crippen LogP contribution in [-0.2, 0) is 15.9 Å². The van der Waals surface area contributed by atoms with E-state index in [2.05, 4.69) is 23.5 Å². The van der Waals surface area contributed by atoms with Gasteiger partial charge in [0, 0.05) is 13.2 Å². The Labute approximate surface area is 121 Å². The summed E-state index contributed by atoms with van der Waals surface area (Å²) in [5.41, 5.74) is 2.83. The number of methoxy groups -OCH3 is 1. The quantitative estimate of drug-likeness (QED) is 0.741. The Bertz CT molecular complexity index is 409. The van der Waals surface area contributed by atoms with E-state index in [4.69, 9.17) is 14.2 Å². The normalized spacial score (nSPS) is 17.8. The van der Waals surface area contributed by atoms with Crippen molar-refractivity contribution in [1.29, 1.82) is 0 Å². The van der Waals surface area contributed by atoms with Gasteiger partial charge in [-0.2, -0.15) is 0 Å². The van der Waals surface area contributed by atoms with Crippen LogP contribution in [0.5, 0.6) is 5.75 Å². The van der Waals surface area contributed by atoms with Crippen LogP contribution in [0.15, 0.2) is 18.2 Å². The van der Waals surface area contributed by atoms with Crippen molar-refractivity contribution in [1.82, 2.24) is 5.32 Å². The summed E-state index contributed by atoms with van der Waals surface area (Å²) in [4.78, 5) is 0. The first-order valence-electron chi connectivity index (χ1n) is 7.34. The van der Waals surface area contributed by atoms with Crippen LogP contribution in [0, 0.1) is 0 Å². The maximum atomic E-state index is 5.73. The molecule has 1 aromatic rings. The van der Waals surface area contributed by atoms with Crippen molar-refractivity contribution in [2.45, 2.75) is 25.3 Å². The highest BCUT2D eigenvalue weighted by molar-refractivity contribution is 5.39. The molecule has 1 N–H and O–H groups in total. The van der Waals surface area contributed by atoms with Crippen LogP contribution >= 0.6 is 0 Å². The van der Waals surface area contributed by atoms with Gasteiger partial charge in [-0.3, -0.25) is 0 Å². The molecule has 1 atom stereocenters. The van der Waals surface area contributed by atoms with E-state index < -0.39 is 0 Å². The molecule has 0 radical (unpaired) electrons. The van der Waals surface area contributed by atoms with Crippen molar-refractivity contribution in [3.05, 3.63) is 29.3 Å². The summed E-state index contributed by atoms with van der Waals surface area (Å²) in [5.74, 6) is 0.941. The van der Waals surface area contributed by atoms with E-state index in [1.54, 1.807) is 7.11 Å². The standard InChI is InChI=1S/C16H25NO3/c1-17-16-5-3-4-13-12-14(6-7-15(13)16)20-11-10-19-9-8-18-2/h6-7,12,16-17H,3-5,8-11H2,1-2H3. The second-order valence-corrected chi connectivity index (χ2v) is 5.05. The van der Waals surface area contributed by atoms with Crippen LogP contribution in [0.25, 0.3) is 0 Å². The average molecular weight is 279 g/mol. The molecular weight excluding hydrogens is 254 g/mol. The lowest BCUT2D eigenvalue weighted by Crippen LogP contribution is -2.21. The summed E-state index contributed by atoms with van der Waals surface area (Å²) in [6.07, 6.45) is 3.61. The Balaban J connectivity index is 1.82. The Morgan fingerprint density at radius 2 is 2.05 bits per heavy atom. The number of aryl methyl sites for hydroxylation is 1. The summed E-state index contributed by atoms with van der Waals surface area (Å²) in [5, 5.41) is 3.38. The van der Waals surface area contributed by atoms with Crippen molar-refractivity contribution in [2.75, 3.05) is 40.6 Å². The molecule has 1 aliphatic rings. The summed E-state index contributed by atoms with van der Waals surface area (Å²) in [6.45, 7) is 2.43. The first kappa shape index (κ1) is 15.3. The highest BCUT2D eigenvalue weighted by atomic mass is 16.5. The third-order valence-electron chi connectivity index (χ3n) is 3.71. The zero-order valence-electron chi connectivity index (χ0n) is 12.5. The number of nitrogens with one attached hydrogen (secondary N) is 1. The van der Waals surface area contributed by atoms with E-state index in [0.29, 0.717) is 32.5 Å². The van der Waals surface area contributed by atoms with Gasteiger partial charge in [0.25, 0.3) is 0 Å². The minimum Gasteiger partial charge on any atom is -0.491 e. The van der Waals surface area contributed by atoms with E-state index in [0.717, 1.165) is 12.2 Å². The molecule has 0 saturated carbocycles. The molecule has 20 heavy (non-hydrogen) atoms. The maximum Gasteiger partial charge on any atom is 0.119 e. The molecule has 1 unspecified atom stereocenters. The second kappa shape index (κ2) is 8.25. The topological polar surface area (TPSA) is 39.7 Å². The van der Waals surface area contributed by atoms with E-state index in [1.807, 2.05) is 7.05 Å².